The molecule has 0 rings (SSSR count). The van der Waals surface area contributed by atoms with Crippen LogP contribution >= 0.6 is 0 Å². The Hall–Kier alpha value is -1.04. The molecule has 0 saturated heterocycles. The van der Waals surface area contributed by atoms with Gasteiger partial charge in [0.1, 0.15) is 0 Å². The molecule has 4 N–H and O–H groups in total. The molecule has 0 heterocycles. The van der Waals surface area contributed by atoms with Crippen molar-refractivity contribution in [3.8, 4) is 11.8 Å². The van der Waals surface area contributed by atoms with Gasteiger partial charge in [-0.25, -0.2) is 0 Å². The molecule has 0 saturated carbocycles. The van der Waals surface area contributed by atoms with Gasteiger partial charge in [-0.15, -0.1) is 13.2 Å². The first-order valence-electron chi connectivity index (χ1n) is 3.94. The smallest absolute Gasteiger partial charge is 0.0700 e. The summed E-state index contributed by atoms with van der Waals surface area (Å²) in [6.07, 6.45) is 4.90. The van der Waals surface area contributed by atoms with Crippen LogP contribution < -0.4 is 11.5 Å². The van der Waals surface area contributed by atoms with Gasteiger partial charge in [-0.3, -0.25) is 0 Å². The van der Waals surface area contributed by atoms with Gasteiger partial charge in [-0.1, -0.05) is 24.0 Å². The van der Waals surface area contributed by atoms with Gasteiger partial charge >= 0.3 is 0 Å². The lowest BCUT2D eigenvalue weighted by molar-refractivity contribution is 0.837. The van der Waals surface area contributed by atoms with E-state index in [9.17, 15) is 0 Å². The minimum Gasteiger partial charge on any atom is -0.317 e. The van der Waals surface area contributed by atoms with E-state index in [2.05, 4.69) is 25.0 Å². The molecule has 66 valence electrons. The Balaban J connectivity index is 3.82. The first-order valence-corrected chi connectivity index (χ1v) is 3.94. The number of hydrogen-bond donors (Lipinski definition) is 2. The van der Waals surface area contributed by atoms with E-state index in [4.69, 9.17) is 11.5 Å². The number of rotatable bonds is 4. The topological polar surface area (TPSA) is 52.0 Å². The second-order valence-corrected chi connectivity index (χ2v) is 2.55. The van der Waals surface area contributed by atoms with Gasteiger partial charge in [-0.05, 0) is 12.8 Å². The molecule has 2 heteroatoms. The first kappa shape index (κ1) is 11.0. The molecule has 0 spiro atoms. The zero-order valence-electron chi connectivity index (χ0n) is 7.29. The summed E-state index contributed by atoms with van der Waals surface area (Å²) in [5.74, 6) is 5.70. The van der Waals surface area contributed by atoms with Gasteiger partial charge in [0.2, 0.25) is 0 Å². The second kappa shape index (κ2) is 6.66. The van der Waals surface area contributed by atoms with Crippen LogP contribution in [-0.2, 0) is 0 Å². The summed E-state index contributed by atoms with van der Waals surface area (Å²) < 4.78 is 0. The van der Waals surface area contributed by atoms with E-state index >= 15 is 0 Å². The molecule has 0 aromatic rings. The quantitative estimate of drug-likeness (QED) is 0.477. The van der Waals surface area contributed by atoms with Crippen LogP contribution in [0.15, 0.2) is 25.3 Å². The third-order valence-electron chi connectivity index (χ3n) is 1.30. The molecule has 2 nitrogen and oxygen atoms in total. The lowest BCUT2D eigenvalue weighted by Gasteiger charge is -2.00. The third kappa shape index (κ3) is 5.72. The molecule has 0 aromatic carbocycles. The summed E-state index contributed by atoms with van der Waals surface area (Å²) in [7, 11) is 0. The molecular formula is C10H16N2. The predicted octanol–water partition coefficient (Wildman–Crippen LogP) is 0.797. The highest BCUT2D eigenvalue weighted by atomic mass is 14.6. The molecule has 2 unspecified atom stereocenters. The van der Waals surface area contributed by atoms with Crippen LogP contribution in [0.25, 0.3) is 0 Å². The molecule has 0 aliphatic carbocycles. The molecule has 0 aliphatic heterocycles. The van der Waals surface area contributed by atoms with E-state index in [1.165, 1.54) is 0 Å². The van der Waals surface area contributed by atoms with Gasteiger partial charge in [0, 0.05) is 0 Å². The lowest BCUT2D eigenvalue weighted by Crippen LogP contribution is -2.20. The molecule has 0 amide bonds. The Bertz CT molecular complexity index is 178. The van der Waals surface area contributed by atoms with Crippen molar-refractivity contribution in [2.45, 2.75) is 24.9 Å². The van der Waals surface area contributed by atoms with Crippen molar-refractivity contribution >= 4 is 0 Å². The minimum absolute atomic E-state index is 0.140. The van der Waals surface area contributed by atoms with Crippen molar-refractivity contribution < 1.29 is 0 Å². The summed E-state index contributed by atoms with van der Waals surface area (Å²) >= 11 is 0. The maximum atomic E-state index is 5.60. The van der Waals surface area contributed by atoms with Crippen molar-refractivity contribution in [3.05, 3.63) is 25.3 Å². The van der Waals surface area contributed by atoms with E-state index in [1.54, 1.807) is 12.2 Å². The van der Waals surface area contributed by atoms with Crippen LogP contribution in [0.4, 0.5) is 0 Å². The van der Waals surface area contributed by atoms with Crippen LogP contribution in [0.2, 0.25) is 0 Å². The molecule has 12 heavy (non-hydrogen) atoms. The van der Waals surface area contributed by atoms with Crippen LogP contribution in [0.1, 0.15) is 12.8 Å². The fourth-order valence-corrected chi connectivity index (χ4v) is 0.691. The van der Waals surface area contributed by atoms with Gasteiger partial charge in [0.15, 0.2) is 0 Å². The fourth-order valence-electron chi connectivity index (χ4n) is 0.691. The molecule has 0 bridgehead atoms. The fraction of sp³-hybridized carbons (Fsp3) is 0.400. The van der Waals surface area contributed by atoms with E-state index in [0.717, 1.165) is 0 Å². The largest absolute Gasteiger partial charge is 0.317 e. The number of nitrogens with two attached hydrogens (primary N) is 2. The van der Waals surface area contributed by atoms with Gasteiger partial charge in [-0.2, -0.15) is 0 Å². The maximum absolute atomic E-state index is 5.60. The van der Waals surface area contributed by atoms with Crippen molar-refractivity contribution in [2.24, 2.45) is 11.5 Å². The highest BCUT2D eigenvalue weighted by Gasteiger charge is 1.94. The summed E-state index contributed by atoms with van der Waals surface area (Å²) in [6.45, 7) is 7.14. The van der Waals surface area contributed by atoms with Crippen LogP contribution in [-0.4, -0.2) is 12.1 Å². The highest BCUT2D eigenvalue weighted by Crippen LogP contribution is 1.88. The third-order valence-corrected chi connectivity index (χ3v) is 1.30. The number of hydrogen-bond acceptors (Lipinski definition) is 2. The summed E-state index contributed by atoms with van der Waals surface area (Å²) in [6, 6.07) is -0.281. The summed E-state index contributed by atoms with van der Waals surface area (Å²) in [5.41, 5.74) is 11.2. The van der Waals surface area contributed by atoms with E-state index in [1.807, 2.05) is 0 Å². The van der Waals surface area contributed by atoms with Crippen LogP contribution in [0, 0.1) is 11.8 Å². The average molecular weight is 164 g/mol. The van der Waals surface area contributed by atoms with Crippen LogP contribution in [0.3, 0.4) is 0 Å². The van der Waals surface area contributed by atoms with Crippen molar-refractivity contribution in [1.82, 2.24) is 0 Å². The maximum Gasteiger partial charge on any atom is 0.0700 e. The first-order chi connectivity index (χ1) is 5.70. The molecular weight excluding hydrogens is 148 g/mol. The Morgan fingerprint density at radius 1 is 1.00 bits per heavy atom. The Kier molecular flexibility index (Phi) is 6.08. The van der Waals surface area contributed by atoms with Gasteiger partial charge < -0.3 is 11.5 Å². The standard InChI is InChI=1S/C10H16N2/c1-3-5-9(11)7-8-10(12)6-4-2/h3-4,9-10H,1-2,5-6,11-12H2. The van der Waals surface area contributed by atoms with E-state index < -0.39 is 0 Å². The Morgan fingerprint density at radius 2 is 1.33 bits per heavy atom. The van der Waals surface area contributed by atoms with Crippen molar-refractivity contribution in [2.75, 3.05) is 0 Å². The molecule has 0 aromatic heterocycles. The SMILES string of the molecule is C=CCC(N)C#CC(N)CC=C. The van der Waals surface area contributed by atoms with Gasteiger partial charge in [0.05, 0.1) is 12.1 Å². The normalized spacial score (nSPS) is 13.8. The van der Waals surface area contributed by atoms with E-state index in [-0.39, 0.29) is 12.1 Å². The Labute approximate surface area is 74.3 Å². The van der Waals surface area contributed by atoms with Crippen molar-refractivity contribution in [3.63, 3.8) is 0 Å². The summed E-state index contributed by atoms with van der Waals surface area (Å²) in [4.78, 5) is 0. The highest BCUT2D eigenvalue weighted by molar-refractivity contribution is 5.13. The lowest BCUT2D eigenvalue weighted by atomic mass is 10.2. The molecule has 2 atom stereocenters. The van der Waals surface area contributed by atoms with E-state index in [0.29, 0.717) is 12.8 Å². The second-order valence-electron chi connectivity index (χ2n) is 2.55. The zero-order chi connectivity index (χ0) is 9.40. The van der Waals surface area contributed by atoms with Gasteiger partial charge in [0.25, 0.3) is 0 Å². The van der Waals surface area contributed by atoms with Crippen LogP contribution in [0.5, 0.6) is 0 Å². The zero-order valence-corrected chi connectivity index (χ0v) is 7.29. The Morgan fingerprint density at radius 3 is 1.58 bits per heavy atom. The average Bonchev–Trinajstić information content (AvgIpc) is 2.02. The predicted molar refractivity (Wildman–Crippen MR) is 53.4 cm³/mol. The monoisotopic (exact) mass is 164 g/mol. The summed E-state index contributed by atoms with van der Waals surface area (Å²) in [5, 5.41) is 0. The molecule has 0 radical (unpaired) electrons. The minimum atomic E-state index is -0.140. The van der Waals surface area contributed by atoms with Crippen molar-refractivity contribution in [1.29, 1.82) is 0 Å². The molecule has 0 fully saturated rings. The molecule has 0 aliphatic rings.